The fourth-order valence-electron chi connectivity index (χ4n) is 4.16. The van der Waals surface area contributed by atoms with E-state index in [-0.39, 0.29) is 30.9 Å². The molecule has 0 aliphatic rings. The molecule has 0 aliphatic carbocycles. The van der Waals surface area contributed by atoms with Crippen LogP contribution in [0.1, 0.15) is 50.3 Å². The Kier molecular flexibility index (Phi) is 11.4. The molecule has 208 valence electrons. The molecule has 3 aromatic carbocycles. The lowest BCUT2D eigenvalue weighted by atomic mass is 10.0. The maximum Gasteiger partial charge on any atom is 0.261 e. The number of carbonyl (C=O) groups excluding carboxylic acids is 2. The van der Waals surface area contributed by atoms with E-state index in [1.54, 1.807) is 12.0 Å². The molecular formula is C32H39BrN2O4. The summed E-state index contributed by atoms with van der Waals surface area (Å²) in [5, 5.41) is 3.04. The third kappa shape index (κ3) is 9.13. The van der Waals surface area contributed by atoms with Gasteiger partial charge >= 0.3 is 0 Å². The van der Waals surface area contributed by atoms with Crippen LogP contribution in [0, 0.1) is 5.92 Å². The summed E-state index contributed by atoms with van der Waals surface area (Å²) in [6.07, 6.45) is 0.382. The smallest absolute Gasteiger partial charge is 0.261 e. The summed E-state index contributed by atoms with van der Waals surface area (Å²) in [6, 6.07) is 22.5. The lowest BCUT2D eigenvalue weighted by Gasteiger charge is -2.32. The molecule has 1 N–H and O–H groups in total. The first kappa shape index (κ1) is 30.2. The molecule has 1 atom stereocenters. The van der Waals surface area contributed by atoms with Gasteiger partial charge in [0, 0.05) is 19.5 Å². The van der Waals surface area contributed by atoms with E-state index in [9.17, 15) is 9.59 Å². The summed E-state index contributed by atoms with van der Waals surface area (Å²) in [4.78, 5) is 29.0. The fraction of sp³-hybridized carbons (Fsp3) is 0.375. The summed E-state index contributed by atoms with van der Waals surface area (Å²) < 4.78 is 12.2. The van der Waals surface area contributed by atoms with E-state index in [0.717, 1.165) is 15.6 Å². The lowest BCUT2D eigenvalue weighted by Crippen LogP contribution is -2.52. The van der Waals surface area contributed by atoms with E-state index in [0.29, 0.717) is 30.4 Å². The van der Waals surface area contributed by atoms with Crippen LogP contribution in [0.15, 0.2) is 77.3 Å². The number of hydrogen-bond donors (Lipinski definition) is 1. The molecule has 1 unspecified atom stereocenters. The summed E-state index contributed by atoms with van der Waals surface area (Å²) >= 11 is 3.57. The van der Waals surface area contributed by atoms with Crippen molar-refractivity contribution in [1.82, 2.24) is 10.2 Å². The molecule has 0 radical (unpaired) electrons. The number of nitrogens with one attached hydrogen (secondary N) is 1. The Bertz CT molecular complexity index is 1230. The van der Waals surface area contributed by atoms with Crippen molar-refractivity contribution in [3.05, 3.63) is 94.0 Å². The van der Waals surface area contributed by atoms with E-state index >= 15 is 0 Å². The molecule has 0 fully saturated rings. The van der Waals surface area contributed by atoms with Crippen LogP contribution in [0.2, 0.25) is 0 Å². The van der Waals surface area contributed by atoms with Gasteiger partial charge in [-0.1, -0.05) is 76.2 Å². The second-order valence-corrected chi connectivity index (χ2v) is 11.2. The van der Waals surface area contributed by atoms with E-state index in [1.807, 2.05) is 86.6 Å². The van der Waals surface area contributed by atoms with Gasteiger partial charge < -0.3 is 19.7 Å². The minimum atomic E-state index is -0.722. The van der Waals surface area contributed by atoms with Crippen LogP contribution >= 0.6 is 15.9 Å². The van der Waals surface area contributed by atoms with Crippen molar-refractivity contribution in [3.8, 4) is 11.5 Å². The standard InChI is InChI=1S/C32H39BrN2O4/c1-22(2)19-34-32(37)29(17-24-10-7-6-8-11-24)35(20-25-12-9-13-27(16-25)38-5)31(36)21-39-30-15-14-26(23(3)4)18-28(30)33/h6-16,18,22-23,29H,17,19-21H2,1-5H3,(H,34,37). The van der Waals surface area contributed by atoms with Crippen molar-refractivity contribution >= 4 is 27.7 Å². The van der Waals surface area contributed by atoms with Crippen molar-refractivity contribution in [3.63, 3.8) is 0 Å². The van der Waals surface area contributed by atoms with Crippen LogP contribution in [-0.2, 0) is 22.6 Å². The van der Waals surface area contributed by atoms with Gasteiger partial charge in [-0.15, -0.1) is 0 Å². The van der Waals surface area contributed by atoms with Crippen molar-refractivity contribution in [2.45, 2.75) is 52.6 Å². The molecule has 3 aromatic rings. The van der Waals surface area contributed by atoms with E-state index in [4.69, 9.17) is 9.47 Å². The van der Waals surface area contributed by atoms with Gasteiger partial charge in [-0.25, -0.2) is 0 Å². The molecule has 0 heterocycles. The number of hydrogen-bond acceptors (Lipinski definition) is 4. The van der Waals surface area contributed by atoms with Crippen LogP contribution in [-0.4, -0.2) is 43.0 Å². The van der Waals surface area contributed by atoms with Gasteiger partial charge in [0.25, 0.3) is 5.91 Å². The first-order chi connectivity index (χ1) is 18.7. The predicted molar refractivity (Wildman–Crippen MR) is 159 cm³/mol. The van der Waals surface area contributed by atoms with Crippen molar-refractivity contribution in [2.75, 3.05) is 20.3 Å². The number of ether oxygens (including phenoxy) is 2. The Balaban J connectivity index is 1.92. The van der Waals surface area contributed by atoms with Crippen molar-refractivity contribution < 1.29 is 19.1 Å². The molecule has 0 bridgehead atoms. The van der Waals surface area contributed by atoms with Crippen molar-refractivity contribution in [1.29, 1.82) is 0 Å². The fourth-order valence-corrected chi connectivity index (χ4v) is 4.67. The average molecular weight is 596 g/mol. The van der Waals surface area contributed by atoms with Gasteiger partial charge in [-0.3, -0.25) is 9.59 Å². The molecule has 0 saturated heterocycles. The highest BCUT2D eigenvalue weighted by Gasteiger charge is 2.31. The molecule has 0 aromatic heterocycles. The molecule has 6 nitrogen and oxygen atoms in total. The van der Waals surface area contributed by atoms with Crippen LogP contribution in [0.4, 0.5) is 0 Å². The number of rotatable bonds is 13. The highest BCUT2D eigenvalue weighted by molar-refractivity contribution is 9.10. The Morgan fingerprint density at radius 1 is 0.923 bits per heavy atom. The maximum atomic E-state index is 13.8. The summed E-state index contributed by atoms with van der Waals surface area (Å²) in [6.45, 7) is 8.89. The molecule has 0 spiro atoms. The number of methoxy groups -OCH3 is 1. The number of halogens is 1. The molecule has 7 heteroatoms. The van der Waals surface area contributed by atoms with Gasteiger partial charge in [-0.05, 0) is 68.7 Å². The zero-order valence-electron chi connectivity index (χ0n) is 23.4. The zero-order chi connectivity index (χ0) is 28.4. The third-order valence-corrected chi connectivity index (χ3v) is 7.04. The molecule has 0 aliphatic heterocycles. The van der Waals surface area contributed by atoms with E-state index < -0.39 is 6.04 Å². The first-order valence-corrected chi connectivity index (χ1v) is 14.1. The summed E-state index contributed by atoms with van der Waals surface area (Å²) in [5.41, 5.74) is 3.00. The zero-order valence-corrected chi connectivity index (χ0v) is 25.0. The number of carbonyl (C=O) groups is 2. The predicted octanol–water partition coefficient (Wildman–Crippen LogP) is 6.37. The van der Waals surface area contributed by atoms with E-state index in [2.05, 4.69) is 35.1 Å². The minimum absolute atomic E-state index is 0.189. The molecule has 0 saturated carbocycles. The minimum Gasteiger partial charge on any atom is -0.497 e. The number of nitrogens with zero attached hydrogens (tertiary/aromatic N) is 1. The van der Waals surface area contributed by atoms with Gasteiger partial charge in [0.2, 0.25) is 5.91 Å². The van der Waals surface area contributed by atoms with Crippen LogP contribution in [0.25, 0.3) is 0 Å². The van der Waals surface area contributed by atoms with Gasteiger partial charge in [0.1, 0.15) is 17.5 Å². The second kappa shape index (κ2) is 14.7. The van der Waals surface area contributed by atoms with Crippen LogP contribution < -0.4 is 14.8 Å². The molecule has 3 rings (SSSR count). The van der Waals surface area contributed by atoms with Crippen LogP contribution in [0.5, 0.6) is 11.5 Å². The first-order valence-electron chi connectivity index (χ1n) is 13.3. The average Bonchev–Trinajstić information content (AvgIpc) is 2.93. The van der Waals surface area contributed by atoms with Crippen LogP contribution in [0.3, 0.4) is 0 Å². The Hall–Kier alpha value is -3.32. The Morgan fingerprint density at radius 3 is 2.28 bits per heavy atom. The normalized spacial score (nSPS) is 11.8. The topological polar surface area (TPSA) is 67.9 Å². The number of amides is 2. The molecule has 39 heavy (non-hydrogen) atoms. The Labute approximate surface area is 240 Å². The largest absolute Gasteiger partial charge is 0.497 e. The third-order valence-electron chi connectivity index (χ3n) is 6.42. The second-order valence-electron chi connectivity index (χ2n) is 10.4. The monoisotopic (exact) mass is 594 g/mol. The highest BCUT2D eigenvalue weighted by atomic mass is 79.9. The van der Waals surface area contributed by atoms with E-state index in [1.165, 1.54) is 5.56 Å². The summed E-state index contributed by atoms with van der Waals surface area (Å²) in [5.74, 6) is 1.46. The molecule has 2 amide bonds. The maximum absolute atomic E-state index is 13.8. The highest BCUT2D eigenvalue weighted by Crippen LogP contribution is 2.29. The van der Waals surface area contributed by atoms with Gasteiger partial charge in [0.05, 0.1) is 11.6 Å². The lowest BCUT2D eigenvalue weighted by molar-refractivity contribution is -0.142. The quantitative estimate of drug-likeness (QED) is 0.249. The van der Waals surface area contributed by atoms with Gasteiger partial charge in [0.15, 0.2) is 6.61 Å². The molecular weight excluding hydrogens is 556 g/mol. The van der Waals surface area contributed by atoms with Crippen molar-refractivity contribution in [2.24, 2.45) is 5.92 Å². The number of benzene rings is 3. The Morgan fingerprint density at radius 2 is 1.64 bits per heavy atom. The van der Waals surface area contributed by atoms with Gasteiger partial charge in [-0.2, -0.15) is 0 Å². The summed E-state index contributed by atoms with van der Waals surface area (Å²) in [7, 11) is 1.61. The SMILES string of the molecule is COc1cccc(CN(C(=O)COc2ccc(C(C)C)cc2Br)C(Cc2ccccc2)C(=O)NCC(C)C)c1.